The lowest BCUT2D eigenvalue weighted by molar-refractivity contribution is 0.209. The second-order valence-electron chi connectivity index (χ2n) is 4.93. The van der Waals surface area contributed by atoms with Gasteiger partial charge in [0.15, 0.2) is 5.84 Å². The van der Waals surface area contributed by atoms with E-state index in [4.69, 9.17) is 15.7 Å². The van der Waals surface area contributed by atoms with E-state index in [-0.39, 0.29) is 18.5 Å². The maximum Gasteiger partial charge on any atom is 0.170 e. The first-order chi connectivity index (χ1) is 9.53. The second-order valence-corrected chi connectivity index (χ2v) is 4.93. The van der Waals surface area contributed by atoms with Crippen molar-refractivity contribution in [3.63, 3.8) is 0 Å². The molecule has 0 saturated carbocycles. The molecule has 112 valence electrons. The van der Waals surface area contributed by atoms with Crippen LogP contribution >= 0.6 is 0 Å². The van der Waals surface area contributed by atoms with Crippen LogP contribution in [-0.4, -0.2) is 35.9 Å². The molecular formula is C14H23N3O3. The summed E-state index contributed by atoms with van der Waals surface area (Å²) < 4.78 is 5.29. The minimum absolute atomic E-state index is 0.00668. The van der Waals surface area contributed by atoms with Gasteiger partial charge in [-0.05, 0) is 24.1 Å². The molecule has 1 aromatic carbocycles. The number of oxime groups is 1. The molecule has 0 aliphatic carbocycles. The molecule has 0 radical (unpaired) electrons. The normalized spacial score (nSPS) is 13.6. The van der Waals surface area contributed by atoms with E-state index >= 15 is 0 Å². The van der Waals surface area contributed by atoms with Gasteiger partial charge >= 0.3 is 0 Å². The van der Waals surface area contributed by atoms with Crippen LogP contribution in [0, 0.1) is 5.92 Å². The van der Waals surface area contributed by atoms with Gasteiger partial charge < -0.3 is 26.1 Å². The topological polar surface area (TPSA) is 100 Å². The number of ether oxygens (including phenoxy) is 1. The van der Waals surface area contributed by atoms with Crippen LogP contribution in [0.1, 0.15) is 25.0 Å². The number of benzene rings is 1. The molecule has 0 unspecified atom stereocenters. The molecular weight excluding hydrogens is 258 g/mol. The van der Waals surface area contributed by atoms with Gasteiger partial charge in [0.25, 0.3) is 0 Å². The highest BCUT2D eigenvalue weighted by molar-refractivity contribution is 5.97. The third-order valence-corrected chi connectivity index (χ3v) is 3.24. The number of nitrogens with two attached hydrogens (primary N) is 1. The molecule has 0 aromatic heterocycles. The Kier molecular flexibility index (Phi) is 6.27. The number of hydrogen-bond acceptors (Lipinski definition) is 5. The number of amidine groups is 1. The van der Waals surface area contributed by atoms with Crippen LogP contribution in [-0.2, 0) is 6.54 Å². The number of aliphatic hydroxyl groups is 1. The van der Waals surface area contributed by atoms with E-state index in [1.807, 2.05) is 13.8 Å². The lowest BCUT2D eigenvalue weighted by Gasteiger charge is -2.21. The third-order valence-electron chi connectivity index (χ3n) is 3.24. The maximum absolute atomic E-state index is 9.32. The van der Waals surface area contributed by atoms with Crippen LogP contribution in [0.25, 0.3) is 0 Å². The van der Waals surface area contributed by atoms with Crippen LogP contribution < -0.4 is 15.8 Å². The minimum atomic E-state index is 0.00668. The summed E-state index contributed by atoms with van der Waals surface area (Å²) >= 11 is 0. The summed E-state index contributed by atoms with van der Waals surface area (Å²) in [5.41, 5.74) is 7.09. The van der Waals surface area contributed by atoms with Gasteiger partial charge in [-0.25, -0.2) is 0 Å². The van der Waals surface area contributed by atoms with Gasteiger partial charge in [-0.2, -0.15) is 0 Å². The first-order valence-electron chi connectivity index (χ1n) is 6.52. The summed E-state index contributed by atoms with van der Waals surface area (Å²) in [6.45, 7) is 4.68. The van der Waals surface area contributed by atoms with Gasteiger partial charge in [0.2, 0.25) is 0 Å². The zero-order chi connectivity index (χ0) is 15.1. The average molecular weight is 281 g/mol. The van der Waals surface area contributed by atoms with E-state index in [9.17, 15) is 5.11 Å². The maximum atomic E-state index is 9.32. The SMILES string of the molecule is COc1ccc(/C(N)=N/O)cc1CN[C@H](CO)C(C)C. The van der Waals surface area contributed by atoms with E-state index in [0.29, 0.717) is 23.8 Å². The molecule has 0 saturated heterocycles. The van der Waals surface area contributed by atoms with Gasteiger partial charge in [0.05, 0.1) is 13.7 Å². The van der Waals surface area contributed by atoms with Gasteiger partial charge in [0.1, 0.15) is 5.75 Å². The molecule has 20 heavy (non-hydrogen) atoms. The summed E-state index contributed by atoms with van der Waals surface area (Å²) in [7, 11) is 1.59. The average Bonchev–Trinajstić information content (AvgIpc) is 2.46. The van der Waals surface area contributed by atoms with E-state index in [0.717, 1.165) is 5.56 Å². The Balaban J connectivity index is 2.91. The Morgan fingerprint density at radius 1 is 1.45 bits per heavy atom. The van der Waals surface area contributed by atoms with Crippen molar-refractivity contribution in [2.24, 2.45) is 16.8 Å². The lowest BCUT2D eigenvalue weighted by atomic mass is 10.0. The first-order valence-corrected chi connectivity index (χ1v) is 6.52. The van der Waals surface area contributed by atoms with Crippen molar-refractivity contribution in [2.45, 2.75) is 26.4 Å². The monoisotopic (exact) mass is 281 g/mol. The molecule has 0 amide bonds. The highest BCUT2D eigenvalue weighted by Crippen LogP contribution is 2.20. The number of methoxy groups -OCH3 is 1. The van der Waals surface area contributed by atoms with Crippen molar-refractivity contribution in [1.82, 2.24) is 5.32 Å². The Bertz CT molecular complexity index is 461. The number of nitrogens with one attached hydrogen (secondary N) is 1. The molecule has 0 fully saturated rings. The lowest BCUT2D eigenvalue weighted by Crippen LogP contribution is -2.36. The predicted molar refractivity (Wildman–Crippen MR) is 78.1 cm³/mol. The number of aliphatic hydroxyl groups excluding tert-OH is 1. The molecule has 0 bridgehead atoms. The van der Waals surface area contributed by atoms with E-state index < -0.39 is 0 Å². The van der Waals surface area contributed by atoms with E-state index in [2.05, 4.69) is 10.5 Å². The Hall–Kier alpha value is -1.79. The second kappa shape index (κ2) is 7.72. The van der Waals surface area contributed by atoms with Crippen LogP contribution in [0.3, 0.4) is 0 Å². The van der Waals surface area contributed by atoms with Crippen LogP contribution in [0.4, 0.5) is 0 Å². The van der Waals surface area contributed by atoms with Crippen molar-refractivity contribution in [3.05, 3.63) is 29.3 Å². The Labute approximate surface area is 119 Å². The zero-order valence-electron chi connectivity index (χ0n) is 12.1. The number of nitrogens with zero attached hydrogens (tertiary/aromatic N) is 1. The highest BCUT2D eigenvalue weighted by atomic mass is 16.5. The van der Waals surface area contributed by atoms with E-state index in [1.54, 1.807) is 25.3 Å². The molecule has 1 rings (SSSR count). The molecule has 1 atom stereocenters. The van der Waals surface area contributed by atoms with Crippen LogP contribution in [0.5, 0.6) is 5.75 Å². The molecule has 5 N–H and O–H groups in total. The largest absolute Gasteiger partial charge is 0.496 e. The molecule has 6 nitrogen and oxygen atoms in total. The summed E-state index contributed by atoms with van der Waals surface area (Å²) in [6.07, 6.45) is 0. The summed E-state index contributed by atoms with van der Waals surface area (Å²) in [5, 5.41) is 24.3. The first kappa shape index (κ1) is 16.3. The minimum Gasteiger partial charge on any atom is -0.496 e. The molecule has 1 aromatic rings. The Morgan fingerprint density at radius 2 is 2.15 bits per heavy atom. The highest BCUT2D eigenvalue weighted by Gasteiger charge is 2.13. The molecule has 6 heteroatoms. The van der Waals surface area contributed by atoms with Crippen molar-refractivity contribution < 1.29 is 15.1 Å². The fraction of sp³-hybridized carbons (Fsp3) is 0.500. The molecule has 0 spiro atoms. The zero-order valence-corrected chi connectivity index (χ0v) is 12.1. The van der Waals surface area contributed by atoms with E-state index in [1.165, 1.54) is 0 Å². The predicted octanol–water partition coefficient (Wildman–Crippen LogP) is 0.896. The summed E-state index contributed by atoms with van der Waals surface area (Å²) in [6, 6.07) is 5.31. The van der Waals surface area contributed by atoms with Gasteiger partial charge in [-0.3, -0.25) is 0 Å². The van der Waals surface area contributed by atoms with Crippen LogP contribution in [0.15, 0.2) is 23.4 Å². The van der Waals surface area contributed by atoms with Crippen molar-refractivity contribution in [1.29, 1.82) is 0 Å². The molecule has 0 aliphatic heterocycles. The smallest absolute Gasteiger partial charge is 0.170 e. The van der Waals surface area contributed by atoms with Crippen LogP contribution in [0.2, 0.25) is 0 Å². The van der Waals surface area contributed by atoms with Gasteiger partial charge in [0, 0.05) is 23.7 Å². The third kappa shape index (κ3) is 4.11. The summed E-state index contributed by atoms with van der Waals surface area (Å²) in [5.74, 6) is 1.09. The standard InChI is InChI=1S/C14H23N3O3/c1-9(2)12(8-18)16-7-11-6-10(14(15)17-19)4-5-13(11)20-3/h4-6,9,12,16,18-19H,7-8H2,1-3H3,(H2,15,17)/t12-/m1/s1. The number of hydrogen-bond donors (Lipinski definition) is 4. The molecule has 0 heterocycles. The van der Waals surface area contributed by atoms with Gasteiger partial charge in [-0.15, -0.1) is 0 Å². The number of rotatable bonds is 7. The van der Waals surface area contributed by atoms with Crippen molar-refractivity contribution >= 4 is 5.84 Å². The Morgan fingerprint density at radius 3 is 2.65 bits per heavy atom. The van der Waals surface area contributed by atoms with Crippen molar-refractivity contribution in [2.75, 3.05) is 13.7 Å². The van der Waals surface area contributed by atoms with Crippen molar-refractivity contribution in [3.8, 4) is 5.75 Å². The summed E-state index contributed by atoms with van der Waals surface area (Å²) in [4.78, 5) is 0. The fourth-order valence-electron chi connectivity index (χ4n) is 1.89. The quantitative estimate of drug-likeness (QED) is 0.257. The fourth-order valence-corrected chi connectivity index (χ4v) is 1.89. The molecule has 0 aliphatic rings. The van der Waals surface area contributed by atoms with Gasteiger partial charge in [-0.1, -0.05) is 19.0 Å².